The van der Waals surface area contributed by atoms with Gasteiger partial charge in [0.25, 0.3) is 0 Å². The molecule has 0 saturated heterocycles. The molecule has 0 aliphatic carbocycles. The Bertz CT molecular complexity index is 657. The molecular weight excluding hydrogens is 330 g/mol. The molecule has 3 nitrogen and oxygen atoms in total. The van der Waals surface area contributed by atoms with E-state index >= 15 is 0 Å². The lowest BCUT2D eigenvalue weighted by atomic mass is 10.0. The summed E-state index contributed by atoms with van der Waals surface area (Å²) in [4.78, 5) is 2.39. The van der Waals surface area contributed by atoms with Crippen LogP contribution in [-0.2, 0) is 13.0 Å². The third kappa shape index (κ3) is 2.86. The summed E-state index contributed by atoms with van der Waals surface area (Å²) in [6, 6.07) is 12.4. The van der Waals surface area contributed by atoms with Crippen LogP contribution < -0.4 is 9.64 Å². The Balaban J connectivity index is 1.90. The first-order valence-electron chi connectivity index (χ1n) is 7.07. The first kappa shape index (κ1) is 14.3. The summed E-state index contributed by atoms with van der Waals surface area (Å²) in [5.41, 5.74) is 3.84. The molecule has 1 aliphatic rings. The van der Waals surface area contributed by atoms with Crippen molar-refractivity contribution in [2.45, 2.75) is 19.4 Å². The quantitative estimate of drug-likeness (QED) is 0.906. The highest BCUT2D eigenvalue weighted by Gasteiger charge is 2.17. The number of methoxy groups -OCH3 is 1. The molecule has 0 radical (unpaired) electrons. The minimum atomic E-state index is 0.153. The lowest BCUT2D eigenvalue weighted by molar-refractivity contribution is 0.371. The number of halogens is 1. The summed E-state index contributed by atoms with van der Waals surface area (Å²) < 4.78 is 5.90. The van der Waals surface area contributed by atoms with Gasteiger partial charge in [-0.05, 0) is 58.1 Å². The van der Waals surface area contributed by atoms with Crippen LogP contribution in [0.1, 0.15) is 17.5 Å². The molecule has 0 fully saturated rings. The number of nitrogens with zero attached hydrogens (tertiary/aromatic N) is 1. The van der Waals surface area contributed by atoms with Crippen molar-refractivity contribution < 1.29 is 9.84 Å². The molecule has 1 N–H and O–H groups in total. The van der Waals surface area contributed by atoms with Crippen molar-refractivity contribution >= 4 is 21.6 Å². The van der Waals surface area contributed by atoms with Crippen molar-refractivity contribution in [2.24, 2.45) is 0 Å². The van der Waals surface area contributed by atoms with E-state index in [1.165, 1.54) is 17.7 Å². The summed E-state index contributed by atoms with van der Waals surface area (Å²) in [7, 11) is 1.57. The molecule has 110 valence electrons. The number of aromatic hydroxyl groups is 1. The largest absolute Gasteiger partial charge is 0.503 e. The van der Waals surface area contributed by atoms with Crippen LogP contribution in [0.15, 0.2) is 40.9 Å². The SMILES string of the molecule is COc1cc(CN2CCCc3ccccc32)cc(Br)c1O. The molecule has 1 aliphatic heterocycles. The van der Waals surface area contributed by atoms with Gasteiger partial charge in [0, 0.05) is 18.8 Å². The fourth-order valence-electron chi connectivity index (χ4n) is 2.87. The van der Waals surface area contributed by atoms with Crippen LogP contribution in [0.4, 0.5) is 5.69 Å². The van der Waals surface area contributed by atoms with E-state index in [0.29, 0.717) is 10.2 Å². The van der Waals surface area contributed by atoms with Crippen LogP contribution in [0.25, 0.3) is 0 Å². The topological polar surface area (TPSA) is 32.7 Å². The maximum Gasteiger partial charge on any atom is 0.172 e. The van der Waals surface area contributed by atoms with Gasteiger partial charge in [-0.3, -0.25) is 0 Å². The van der Waals surface area contributed by atoms with E-state index in [2.05, 4.69) is 45.1 Å². The number of anilines is 1. The second-order valence-corrected chi connectivity index (χ2v) is 6.14. The van der Waals surface area contributed by atoms with Gasteiger partial charge in [-0.25, -0.2) is 0 Å². The van der Waals surface area contributed by atoms with E-state index in [4.69, 9.17) is 4.74 Å². The molecule has 0 spiro atoms. The molecule has 0 unspecified atom stereocenters. The number of hydrogen-bond acceptors (Lipinski definition) is 3. The molecule has 1 heterocycles. The smallest absolute Gasteiger partial charge is 0.172 e. The summed E-state index contributed by atoms with van der Waals surface area (Å²) >= 11 is 3.39. The number of para-hydroxylation sites is 1. The van der Waals surface area contributed by atoms with E-state index in [1.807, 2.05) is 12.1 Å². The number of benzene rings is 2. The second kappa shape index (κ2) is 5.98. The van der Waals surface area contributed by atoms with Crippen molar-refractivity contribution in [1.29, 1.82) is 0 Å². The first-order valence-corrected chi connectivity index (χ1v) is 7.86. The Morgan fingerprint density at radius 3 is 2.90 bits per heavy atom. The number of phenolic OH excluding ortho intramolecular Hbond substituents is 1. The summed E-state index contributed by atoms with van der Waals surface area (Å²) in [5, 5.41) is 9.90. The standard InChI is InChI=1S/C17H18BrNO2/c1-21-16-10-12(9-14(18)17(16)20)11-19-8-4-6-13-5-2-3-7-15(13)19/h2-3,5,7,9-10,20H,4,6,8,11H2,1H3. The van der Waals surface area contributed by atoms with Gasteiger partial charge < -0.3 is 14.7 Å². The molecule has 2 aromatic carbocycles. The lowest BCUT2D eigenvalue weighted by Gasteiger charge is -2.31. The molecule has 21 heavy (non-hydrogen) atoms. The molecule has 0 amide bonds. The van der Waals surface area contributed by atoms with E-state index < -0.39 is 0 Å². The molecule has 3 rings (SSSR count). The number of hydrogen-bond donors (Lipinski definition) is 1. The summed E-state index contributed by atoms with van der Waals surface area (Å²) in [6.45, 7) is 1.87. The van der Waals surface area contributed by atoms with Crippen LogP contribution >= 0.6 is 15.9 Å². The third-order valence-electron chi connectivity index (χ3n) is 3.89. The molecule has 0 saturated carbocycles. The van der Waals surface area contributed by atoms with E-state index in [0.717, 1.165) is 25.1 Å². The fourth-order valence-corrected chi connectivity index (χ4v) is 3.36. The Morgan fingerprint density at radius 2 is 2.10 bits per heavy atom. The van der Waals surface area contributed by atoms with Gasteiger partial charge >= 0.3 is 0 Å². The molecular formula is C17H18BrNO2. The second-order valence-electron chi connectivity index (χ2n) is 5.28. The number of rotatable bonds is 3. The zero-order valence-electron chi connectivity index (χ0n) is 12.0. The Labute approximate surface area is 133 Å². The van der Waals surface area contributed by atoms with Crippen LogP contribution in [-0.4, -0.2) is 18.8 Å². The lowest BCUT2D eigenvalue weighted by Crippen LogP contribution is -2.28. The highest BCUT2D eigenvalue weighted by atomic mass is 79.9. The normalized spacial score (nSPS) is 13.9. The van der Waals surface area contributed by atoms with Gasteiger partial charge in [-0.2, -0.15) is 0 Å². The van der Waals surface area contributed by atoms with E-state index in [-0.39, 0.29) is 5.75 Å². The van der Waals surface area contributed by atoms with Gasteiger partial charge in [0.1, 0.15) is 0 Å². The predicted octanol–water partition coefficient (Wildman–Crippen LogP) is 4.12. The first-order chi connectivity index (χ1) is 10.2. The minimum absolute atomic E-state index is 0.153. The van der Waals surface area contributed by atoms with Gasteiger partial charge in [-0.1, -0.05) is 18.2 Å². The van der Waals surface area contributed by atoms with Gasteiger partial charge in [0.15, 0.2) is 11.5 Å². The maximum absolute atomic E-state index is 9.90. The minimum Gasteiger partial charge on any atom is -0.503 e. The Hall–Kier alpha value is -1.68. The van der Waals surface area contributed by atoms with Crippen molar-refractivity contribution in [3.63, 3.8) is 0 Å². The number of aryl methyl sites for hydroxylation is 1. The molecule has 2 aromatic rings. The van der Waals surface area contributed by atoms with Gasteiger partial charge in [0.2, 0.25) is 0 Å². The zero-order valence-corrected chi connectivity index (χ0v) is 13.6. The fraction of sp³-hybridized carbons (Fsp3) is 0.294. The molecule has 0 bridgehead atoms. The summed E-state index contributed by atoms with van der Waals surface area (Å²) in [6.07, 6.45) is 2.32. The Morgan fingerprint density at radius 1 is 1.29 bits per heavy atom. The number of phenols is 1. The van der Waals surface area contributed by atoms with E-state index in [9.17, 15) is 5.11 Å². The average molecular weight is 348 g/mol. The third-order valence-corrected chi connectivity index (χ3v) is 4.49. The van der Waals surface area contributed by atoms with Crippen LogP contribution in [0.5, 0.6) is 11.5 Å². The van der Waals surface area contributed by atoms with Crippen molar-refractivity contribution in [2.75, 3.05) is 18.6 Å². The van der Waals surface area contributed by atoms with Crippen molar-refractivity contribution in [3.05, 3.63) is 52.0 Å². The average Bonchev–Trinajstić information content (AvgIpc) is 2.51. The van der Waals surface area contributed by atoms with Crippen LogP contribution in [0.3, 0.4) is 0 Å². The Kier molecular flexibility index (Phi) is 4.06. The van der Waals surface area contributed by atoms with E-state index in [1.54, 1.807) is 7.11 Å². The number of ether oxygens (including phenoxy) is 1. The van der Waals surface area contributed by atoms with Gasteiger partial charge in [-0.15, -0.1) is 0 Å². The molecule has 0 atom stereocenters. The monoisotopic (exact) mass is 347 g/mol. The highest BCUT2D eigenvalue weighted by Crippen LogP contribution is 2.36. The van der Waals surface area contributed by atoms with Crippen molar-refractivity contribution in [1.82, 2.24) is 0 Å². The maximum atomic E-state index is 9.90. The van der Waals surface area contributed by atoms with Crippen LogP contribution in [0.2, 0.25) is 0 Å². The molecule has 4 heteroatoms. The number of fused-ring (bicyclic) bond motifs is 1. The zero-order chi connectivity index (χ0) is 14.8. The van der Waals surface area contributed by atoms with Crippen molar-refractivity contribution in [3.8, 4) is 11.5 Å². The predicted molar refractivity (Wildman–Crippen MR) is 88.2 cm³/mol. The highest BCUT2D eigenvalue weighted by molar-refractivity contribution is 9.10. The van der Waals surface area contributed by atoms with Crippen LogP contribution in [0, 0.1) is 0 Å². The van der Waals surface area contributed by atoms with Gasteiger partial charge in [0.05, 0.1) is 11.6 Å². The summed E-state index contributed by atoms with van der Waals surface area (Å²) in [5.74, 6) is 0.657. The molecule has 0 aromatic heterocycles.